The molecule has 4 heterocycles. The molecule has 202 valence electrons. The van der Waals surface area contributed by atoms with E-state index in [9.17, 15) is 19.8 Å². The first-order chi connectivity index (χ1) is 19.4. The molecule has 3 aromatic heterocycles. The van der Waals surface area contributed by atoms with Gasteiger partial charge in [0, 0.05) is 54.0 Å². The minimum absolute atomic E-state index is 0.265. The second-order valence-corrected chi connectivity index (χ2v) is 9.96. The Hall–Kier alpha value is -4.73. The molecule has 0 radical (unpaired) electrons. The van der Waals surface area contributed by atoms with Gasteiger partial charge in [0.05, 0.1) is 6.61 Å². The highest BCUT2D eigenvalue weighted by Gasteiger charge is 2.22. The predicted octanol–water partition coefficient (Wildman–Crippen LogP) is 4.75. The van der Waals surface area contributed by atoms with Gasteiger partial charge in [0.1, 0.15) is 11.8 Å². The van der Waals surface area contributed by atoms with Gasteiger partial charge in [0.2, 0.25) is 0 Å². The van der Waals surface area contributed by atoms with Crippen LogP contribution in [0.3, 0.4) is 0 Å². The number of rotatable bonds is 5. The van der Waals surface area contributed by atoms with Crippen molar-refractivity contribution in [1.82, 2.24) is 19.4 Å². The number of aromatic amines is 1. The molecule has 4 N–H and O–H groups in total. The van der Waals surface area contributed by atoms with Crippen molar-refractivity contribution in [2.24, 2.45) is 0 Å². The van der Waals surface area contributed by atoms with Crippen LogP contribution in [0.1, 0.15) is 24.6 Å². The van der Waals surface area contributed by atoms with E-state index in [1.54, 1.807) is 29.6 Å². The van der Waals surface area contributed by atoms with Crippen LogP contribution in [0.4, 0.5) is 10.5 Å². The standard InChI is InChI=1S/C31H29N5O4/c1-19(38)30(39)35-13-10-20(11-14-35)28-15-25-24(9-12-32-29(25)33-28)23-7-4-8-27(26(23)18-37)34-31(40)36-16-21-5-2-3-6-22(21)17-36/h2-10,12,15-17,19,37-38H,11,13-14,18H2,1H3,(H,32,33)(H,34,40). The van der Waals surface area contributed by atoms with Gasteiger partial charge in [-0.05, 0) is 59.0 Å². The van der Waals surface area contributed by atoms with Gasteiger partial charge in [-0.25, -0.2) is 9.78 Å². The fraction of sp³-hybridized carbons (Fsp3) is 0.194. The van der Waals surface area contributed by atoms with E-state index in [0.717, 1.165) is 38.6 Å². The van der Waals surface area contributed by atoms with E-state index in [-0.39, 0.29) is 18.5 Å². The maximum Gasteiger partial charge on any atom is 0.330 e. The Balaban J connectivity index is 1.32. The number of amides is 2. The molecule has 1 aliphatic rings. The normalized spacial score (nSPS) is 14.4. The number of benzene rings is 2. The molecular formula is C31H29N5O4. The van der Waals surface area contributed by atoms with Gasteiger partial charge < -0.3 is 25.4 Å². The SMILES string of the molecule is CC(O)C(=O)N1CC=C(c2cc3c(-c4cccc(NC(=O)n5cc6ccccc6c5)c4CO)ccnc3[nH]2)CC1. The third kappa shape index (κ3) is 4.66. The number of carbonyl (C=O) groups is 2. The molecule has 2 amide bonds. The zero-order chi connectivity index (χ0) is 27.8. The molecule has 40 heavy (non-hydrogen) atoms. The van der Waals surface area contributed by atoms with E-state index in [2.05, 4.69) is 15.3 Å². The van der Waals surface area contributed by atoms with Gasteiger partial charge in [0.25, 0.3) is 5.91 Å². The van der Waals surface area contributed by atoms with Crippen molar-refractivity contribution in [2.45, 2.75) is 26.1 Å². The van der Waals surface area contributed by atoms with E-state index < -0.39 is 6.10 Å². The predicted molar refractivity (Wildman–Crippen MR) is 155 cm³/mol. The van der Waals surface area contributed by atoms with Gasteiger partial charge in [-0.3, -0.25) is 9.36 Å². The summed E-state index contributed by atoms with van der Waals surface area (Å²) in [5.74, 6) is -0.274. The van der Waals surface area contributed by atoms with Gasteiger partial charge in [0.15, 0.2) is 0 Å². The Labute approximate surface area is 230 Å². The first-order valence-corrected chi connectivity index (χ1v) is 13.2. The van der Waals surface area contributed by atoms with Crippen LogP contribution in [-0.4, -0.2) is 60.8 Å². The number of aromatic nitrogens is 3. The van der Waals surface area contributed by atoms with Crippen molar-refractivity contribution >= 4 is 45.0 Å². The van der Waals surface area contributed by atoms with Crippen LogP contribution >= 0.6 is 0 Å². The number of nitrogens with one attached hydrogen (secondary N) is 2. The summed E-state index contributed by atoms with van der Waals surface area (Å²) < 4.78 is 1.51. The number of H-pyrrole nitrogens is 1. The summed E-state index contributed by atoms with van der Waals surface area (Å²) in [4.78, 5) is 34.8. The summed E-state index contributed by atoms with van der Waals surface area (Å²) in [6.45, 7) is 2.18. The lowest BCUT2D eigenvalue weighted by Crippen LogP contribution is -2.40. The van der Waals surface area contributed by atoms with E-state index in [1.165, 1.54) is 11.5 Å². The quantitative estimate of drug-likeness (QED) is 0.259. The molecule has 0 saturated heterocycles. The zero-order valence-electron chi connectivity index (χ0n) is 22.0. The number of carbonyl (C=O) groups excluding carboxylic acids is 2. The third-order valence-corrected chi connectivity index (χ3v) is 7.41. The molecule has 0 saturated carbocycles. The monoisotopic (exact) mass is 535 g/mol. The molecule has 0 spiro atoms. The lowest BCUT2D eigenvalue weighted by Gasteiger charge is -2.27. The first kappa shape index (κ1) is 25.5. The fourth-order valence-electron chi connectivity index (χ4n) is 5.32. The summed E-state index contributed by atoms with van der Waals surface area (Å²) >= 11 is 0. The number of hydrogen-bond acceptors (Lipinski definition) is 5. The Morgan fingerprint density at radius 1 is 1.07 bits per heavy atom. The van der Waals surface area contributed by atoms with Gasteiger partial charge >= 0.3 is 6.03 Å². The van der Waals surface area contributed by atoms with Crippen LogP contribution in [-0.2, 0) is 11.4 Å². The Morgan fingerprint density at radius 3 is 2.52 bits per heavy atom. The highest BCUT2D eigenvalue weighted by molar-refractivity contribution is 6.00. The number of nitrogens with zero attached hydrogens (tertiary/aromatic N) is 3. The van der Waals surface area contributed by atoms with Crippen LogP contribution in [0.15, 0.2) is 79.3 Å². The van der Waals surface area contributed by atoms with Gasteiger partial charge in [-0.15, -0.1) is 0 Å². The molecule has 0 aliphatic carbocycles. The summed E-state index contributed by atoms with van der Waals surface area (Å²) in [6.07, 6.45) is 6.90. The largest absolute Gasteiger partial charge is 0.392 e. The lowest BCUT2D eigenvalue weighted by molar-refractivity contribution is -0.138. The van der Waals surface area contributed by atoms with E-state index >= 15 is 0 Å². The zero-order valence-corrected chi connectivity index (χ0v) is 22.0. The summed E-state index contributed by atoms with van der Waals surface area (Å²) in [7, 11) is 0. The summed E-state index contributed by atoms with van der Waals surface area (Å²) in [5.41, 5.74) is 5.49. The van der Waals surface area contributed by atoms with E-state index in [1.807, 2.05) is 54.6 Å². The van der Waals surface area contributed by atoms with Crippen molar-refractivity contribution in [3.63, 3.8) is 0 Å². The smallest absolute Gasteiger partial charge is 0.330 e. The van der Waals surface area contributed by atoms with Crippen molar-refractivity contribution < 1.29 is 19.8 Å². The summed E-state index contributed by atoms with van der Waals surface area (Å²) in [6, 6.07) is 16.9. The minimum Gasteiger partial charge on any atom is -0.392 e. The minimum atomic E-state index is -1.01. The highest BCUT2D eigenvalue weighted by Crippen LogP contribution is 2.36. The second-order valence-electron chi connectivity index (χ2n) is 9.96. The number of aliphatic hydroxyl groups is 2. The van der Waals surface area contributed by atoms with E-state index in [4.69, 9.17) is 0 Å². The number of aliphatic hydroxyl groups excluding tert-OH is 2. The maximum absolute atomic E-state index is 13.1. The first-order valence-electron chi connectivity index (χ1n) is 13.2. The van der Waals surface area contributed by atoms with Crippen LogP contribution in [0, 0.1) is 0 Å². The topological polar surface area (TPSA) is 123 Å². The molecule has 5 aromatic rings. The van der Waals surface area contributed by atoms with Crippen LogP contribution in [0.2, 0.25) is 0 Å². The van der Waals surface area contributed by atoms with Crippen LogP contribution in [0.5, 0.6) is 0 Å². The Morgan fingerprint density at radius 2 is 1.85 bits per heavy atom. The molecular weight excluding hydrogens is 506 g/mol. The molecule has 1 aliphatic heterocycles. The average Bonchev–Trinajstić information content (AvgIpc) is 3.61. The van der Waals surface area contributed by atoms with Crippen molar-refractivity contribution in [1.29, 1.82) is 0 Å². The molecule has 0 fully saturated rings. The van der Waals surface area contributed by atoms with Gasteiger partial charge in [-0.1, -0.05) is 42.5 Å². The fourth-order valence-corrected chi connectivity index (χ4v) is 5.32. The van der Waals surface area contributed by atoms with Gasteiger partial charge in [-0.2, -0.15) is 0 Å². The molecule has 6 rings (SSSR count). The average molecular weight is 536 g/mol. The molecule has 9 nitrogen and oxygen atoms in total. The Kier molecular flexibility index (Phi) is 6.67. The molecule has 1 unspecified atom stereocenters. The number of hydrogen-bond donors (Lipinski definition) is 4. The molecule has 2 aromatic carbocycles. The van der Waals surface area contributed by atoms with Crippen molar-refractivity contribution in [2.75, 3.05) is 18.4 Å². The maximum atomic E-state index is 13.1. The highest BCUT2D eigenvalue weighted by atomic mass is 16.3. The summed E-state index contributed by atoms with van der Waals surface area (Å²) in [5, 5.41) is 25.8. The number of fused-ring (bicyclic) bond motifs is 2. The molecule has 0 bridgehead atoms. The third-order valence-electron chi connectivity index (χ3n) is 7.41. The lowest BCUT2D eigenvalue weighted by atomic mass is 9.96. The van der Waals surface area contributed by atoms with Crippen LogP contribution < -0.4 is 5.32 Å². The molecule has 1 atom stereocenters. The Bertz CT molecular complexity index is 1750. The molecule has 9 heteroatoms. The second kappa shape index (κ2) is 10.4. The van der Waals surface area contributed by atoms with Crippen LogP contribution in [0.25, 0.3) is 38.5 Å². The van der Waals surface area contributed by atoms with Crippen molar-refractivity contribution in [3.05, 3.63) is 90.5 Å². The number of anilines is 1. The number of pyridine rings is 1. The van der Waals surface area contributed by atoms with Crippen molar-refractivity contribution in [3.8, 4) is 11.1 Å². The van der Waals surface area contributed by atoms with E-state index in [0.29, 0.717) is 36.4 Å².